The van der Waals surface area contributed by atoms with Gasteiger partial charge in [0.15, 0.2) is 0 Å². The molecule has 6 nitrogen and oxygen atoms in total. The van der Waals surface area contributed by atoms with E-state index in [0.29, 0.717) is 6.34 Å². The summed E-state index contributed by atoms with van der Waals surface area (Å²) in [7, 11) is -7.75. The zero-order valence-electron chi connectivity index (χ0n) is 10.7. The summed E-state index contributed by atoms with van der Waals surface area (Å²) in [5, 5.41) is 0. The monoisotopic (exact) mass is 324 g/mol. The number of sulfonamides is 2. The molecule has 0 amide bonds. The molecular formula is C13H12N2O4S2. The van der Waals surface area contributed by atoms with Crippen LogP contribution in [0.25, 0.3) is 0 Å². The SMILES string of the molecule is O=S(=O)(/N=C/NS(=O)(=O)c1ccccc1)c1ccccc1. The van der Waals surface area contributed by atoms with E-state index < -0.39 is 20.0 Å². The Labute approximate surface area is 123 Å². The molecule has 1 N–H and O–H groups in total. The average molecular weight is 324 g/mol. The minimum Gasteiger partial charge on any atom is -0.269 e. The molecule has 0 saturated carbocycles. The summed E-state index contributed by atoms with van der Waals surface area (Å²) in [4.78, 5) is 0.00807. The fraction of sp³-hybridized carbons (Fsp3) is 0. The Morgan fingerprint density at radius 1 is 0.762 bits per heavy atom. The molecule has 0 aliphatic rings. The quantitative estimate of drug-likeness (QED) is 0.664. The summed E-state index contributed by atoms with van der Waals surface area (Å²) in [6.45, 7) is 0. The molecular weight excluding hydrogens is 312 g/mol. The number of rotatable bonds is 5. The first-order valence-electron chi connectivity index (χ1n) is 5.83. The molecule has 0 aliphatic heterocycles. The van der Waals surface area contributed by atoms with E-state index in [4.69, 9.17) is 0 Å². The van der Waals surface area contributed by atoms with Gasteiger partial charge in [-0.25, -0.2) is 8.42 Å². The molecule has 0 bridgehead atoms. The second kappa shape index (κ2) is 6.06. The Hall–Kier alpha value is -2.19. The van der Waals surface area contributed by atoms with E-state index in [0.717, 1.165) is 0 Å². The van der Waals surface area contributed by atoms with Gasteiger partial charge in [0.05, 0.1) is 9.79 Å². The molecule has 0 fully saturated rings. The smallest absolute Gasteiger partial charge is 0.269 e. The lowest BCUT2D eigenvalue weighted by atomic mass is 10.4. The van der Waals surface area contributed by atoms with Crippen molar-refractivity contribution in [3.8, 4) is 0 Å². The molecule has 110 valence electrons. The van der Waals surface area contributed by atoms with Crippen LogP contribution in [0, 0.1) is 0 Å². The van der Waals surface area contributed by atoms with Crippen molar-refractivity contribution in [2.24, 2.45) is 4.40 Å². The first-order chi connectivity index (χ1) is 9.92. The molecule has 0 heterocycles. The maximum Gasteiger partial charge on any atom is 0.283 e. The summed E-state index contributed by atoms with van der Waals surface area (Å²) in [5.41, 5.74) is 0. The van der Waals surface area contributed by atoms with Crippen molar-refractivity contribution in [1.82, 2.24) is 4.72 Å². The van der Waals surface area contributed by atoms with E-state index in [1.165, 1.54) is 24.3 Å². The van der Waals surface area contributed by atoms with Gasteiger partial charge in [-0.15, -0.1) is 4.40 Å². The van der Waals surface area contributed by atoms with Gasteiger partial charge in [0.1, 0.15) is 6.34 Å². The summed E-state index contributed by atoms with van der Waals surface area (Å²) < 4.78 is 52.7. The van der Waals surface area contributed by atoms with E-state index in [-0.39, 0.29) is 9.79 Å². The molecule has 8 heteroatoms. The first-order valence-corrected chi connectivity index (χ1v) is 8.75. The highest BCUT2D eigenvalue weighted by molar-refractivity contribution is 7.91. The van der Waals surface area contributed by atoms with Crippen LogP contribution in [-0.2, 0) is 20.0 Å². The van der Waals surface area contributed by atoms with Gasteiger partial charge in [-0.3, -0.25) is 4.72 Å². The third kappa shape index (κ3) is 3.89. The zero-order chi connectivity index (χ0) is 15.3. The maximum absolute atomic E-state index is 11.9. The average Bonchev–Trinajstić information content (AvgIpc) is 2.49. The van der Waals surface area contributed by atoms with Crippen LogP contribution in [0.15, 0.2) is 74.9 Å². The highest BCUT2D eigenvalue weighted by atomic mass is 32.2. The minimum absolute atomic E-state index is 0.0137. The van der Waals surface area contributed by atoms with Crippen LogP contribution in [0.2, 0.25) is 0 Å². The van der Waals surface area contributed by atoms with Crippen LogP contribution in [0.3, 0.4) is 0 Å². The van der Waals surface area contributed by atoms with Crippen molar-refractivity contribution in [3.05, 3.63) is 60.7 Å². The maximum atomic E-state index is 11.9. The Morgan fingerprint density at radius 2 is 1.24 bits per heavy atom. The topological polar surface area (TPSA) is 92.7 Å². The number of nitrogens with one attached hydrogen (secondary N) is 1. The second-order valence-electron chi connectivity index (χ2n) is 3.96. The molecule has 0 radical (unpaired) electrons. The molecule has 0 aromatic heterocycles. The van der Waals surface area contributed by atoms with Crippen molar-refractivity contribution in [2.75, 3.05) is 0 Å². The van der Waals surface area contributed by atoms with Gasteiger partial charge in [0.25, 0.3) is 20.0 Å². The van der Waals surface area contributed by atoms with Gasteiger partial charge >= 0.3 is 0 Å². The van der Waals surface area contributed by atoms with E-state index >= 15 is 0 Å². The molecule has 0 aliphatic carbocycles. The van der Waals surface area contributed by atoms with Gasteiger partial charge in [0, 0.05) is 0 Å². The van der Waals surface area contributed by atoms with E-state index in [9.17, 15) is 16.8 Å². The van der Waals surface area contributed by atoms with Gasteiger partial charge in [0.2, 0.25) is 0 Å². The third-order valence-corrected chi connectivity index (χ3v) is 5.05. The summed E-state index contributed by atoms with van der Waals surface area (Å²) in [6, 6.07) is 15.1. The summed E-state index contributed by atoms with van der Waals surface area (Å²) in [6.07, 6.45) is 0.657. The largest absolute Gasteiger partial charge is 0.283 e. The Kier molecular flexibility index (Phi) is 4.39. The van der Waals surface area contributed by atoms with Crippen molar-refractivity contribution >= 4 is 26.4 Å². The number of benzene rings is 2. The second-order valence-corrected chi connectivity index (χ2v) is 7.30. The Morgan fingerprint density at radius 3 is 1.76 bits per heavy atom. The van der Waals surface area contributed by atoms with Gasteiger partial charge < -0.3 is 0 Å². The van der Waals surface area contributed by atoms with Crippen LogP contribution in [0.5, 0.6) is 0 Å². The lowest BCUT2D eigenvalue weighted by molar-refractivity contribution is 0.593. The Bertz CT molecular complexity index is 830. The molecule has 2 aromatic rings. The molecule has 21 heavy (non-hydrogen) atoms. The highest BCUT2D eigenvalue weighted by Gasteiger charge is 2.13. The third-order valence-electron chi connectivity index (χ3n) is 2.49. The predicted octanol–water partition coefficient (Wildman–Crippen LogP) is 1.38. The molecule has 0 atom stereocenters. The molecule has 2 rings (SSSR count). The van der Waals surface area contributed by atoms with Gasteiger partial charge in [-0.05, 0) is 24.3 Å². The first kappa shape index (κ1) is 15.2. The van der Waals surface area contributed by atoms with E-state index in [2.05, 4.69) is 4.40 Å². The molecule has 0 unspecified atom stereocenters. The normalized spacial score (nSPS) is 12.4. The number of hydrogen-bond acceptors (Lipinski definition) is 4. The predicted molar refractivity (Wildman–Crippen MR) is 78.9 cm³/mol. The van der Waals surface area contributed by atoms with E-state index in [1.54, 1.807) is 36.4 Å². The van der Waals surface area contributed by atoms with Crippen LogP contribution in [0.1, 0.15) is 0 Å². The lowest BCUT2D eigenvalue weighted by Crippen LogP contribution is -2.22. The molecule has 0 saturated heterocycles. The lowest BCUT2D eigenvalue weighted by Gasteiger charge is -2.02. The van der Waals surface area contributed by atoms with Crippen LogP contribution >= 0.6 is 0 Å². The van der Waals surface area contributed by atoms with Crippen molar-refractivity contribution in [2.45, 2.75) is 9.79 Å². The van der Waals surface area contributed by atoms with E-state index in [1.807, 2.05) is 4.72 Å². The van der Waals surface area contributed by atoms with Crippen LogP contribution in [0.4, 0.5) is 0 Å². The Balaban J connectivity index is 2.17. The fourth-order valence-corrected chi connectivity index (χ4v) is 3.21. The van der Waals surface area contributed by atoms with Gasteiger partial charge in [-0.1, -0.05) is 36.4 Å². The summed E-state index contributed by atoms with van der Waals surface area (Å²) >= 11 is 0. The van der Waals surface area contributed by atoms with Crippen molar-refractivity contribution < 1.29 is 16.8 Å². The number of nitrogens with zero attached hydrogens (tertiary/aromatic N) is 1. The van der Waals surface area contributed by atoms with Crippen molar-refractivity contribution in [3.63, 3.8) is 0 Å². The number of hydrogen-bond donors (Lipinski definition) is 1. The van der Waals surface area contributed by atoms with Crippen LogP contribution in [-0.4, -0.2) is 23.2 Å². The van der Waals surface area contributed by atoms with Gasteiger partial charge in [-0.2, -0.15) is 8.42 Å². The standard InChI is InChI=1S/C13H12N2O4S2/c16-20(17,12-7-3-1-4-8-12)14-11-15-21(18,19)13-9-5-2-6-10-13/h1-11H,(H,14,15). The minimum atomic E-state index is -3.92. The summed E-state index contributed by atoms with van der Waals surface area (Å²) in [5.74, 6) is 0. The molecule has 2 aromatic carbocycles. The van der Waals surface area contributed by atoms with Crippen molar-refractivity contribution in [1.29, 1.82) is 0 Å². The fourth-order valence-electron chi connectivity index (χ4n) is 1.48. The van der Waals surface area contributed by atoms with Crippen LogP contribution < -0.4 is 4.72 Å². The zero-order valence-corrected chi connectivity index (χ0v) is 12.4. The highest BCUT2D eigenvalue weighted by Crippen LogP contribution is 2.10. The molecule has 0 spiro atoms.